The minimum atomic E-state index is -0.0835. The standard InChI is InChI=1S/C21H23ClN4O3S/c22-16-8-6-15(7-9-16)20-24-25-21(29-20)30-14-19(27)23-13-17(18-5-4-12-28-18)26-10-2-1-3-11-26/h4-9,12,17H,1-3,10-11,13-14H2,(H,23,27). The maximum Gasteiger partial charge on any atom is 0.277 e. The van der Waals surface area contributed by atoms with Gasteiger partial charge in [0.15, 0.2) is 0 Å². The number of benzene rings is 1. The Bertz CT molecular complexity index is 940. The lowest BCUT2D eigenvalue weighted by molar-refractivity contribution is -0.118. The van der Waals surface area contributed by atoms with Crippen LogP contribution in [-0.4, -0.2) is 46.4 Å². The van der Waals surface area contributed by atoms with Gasteiger partial charge in [0.05, 0.1) is 18.1 Å². The third-order valence-corrected chi connectivity index (χ3v) is 6.09. The second kappa shape index (κ2) is 10.1. The highest BCUT2D eigenvalue weighted by Crippen LogP contribution is 2.26. The summed E-state index contributed by atoms with van der Waals surface area (Å²) in [5, 5.41) is 12.1. The highest BCUT2D eigenvalue weighted by atomic mass is 35.5. The van der Waals surface area contributed by atoms with Gasteiger partial charge in [0.2, 0.25) is 11.8 Å². The Hall–Kier alpha value is -2.29. The summed E-state index contributed by atoms with van der Waals surface area (Å²) in [6.45, 7) is 2.55. The number of piperidine rings is 1. The lowest BCUT2D eigenvalue weighted by atomic mass is 10.1. The van der Waals surface area contributed by atoms with Crippen molar-refractivity contribution in [3.8, 4) is 11.5 Å². The van der Waals surface area contributed by atoms with Gasteiger partial charge in [0, 0.05) is 17.1 Å². The fraction of sp³-hybridized carbons (Fsp3) is 0.381. The van der Waals surface area contributed by atoms with Crippen LogP contribution in [-0.2, 0) is 4.79 Å². The maximum atomic E-state index is 12.4. The van der Waals surface area contributed by atoms with E-state index in [1.165, 1.54) is 31.0 Å². The molecule has 0 aliphatic carbocycles. The zero-order chi connectivity index (χ0) is 20.8. The quantitative estimate of drug-likeness (QED) is 0.512. The number of thioether (sulfide) groups is 1. The largest absolute Gasteiger partial charge is 0.468 e. The van der Waals surface area contributed by atoms with Crippen LogP contribution in [0.15, 0.2) is 56.7 Å². The Morgan fingerprint density at radius 1 is 1.17 bits per heavy atom. The zero-order valence-electron chi connectivity index (χ0n) is 16.4. The molecule has 0 saturated carbocycles. The number of amides is 1. The number of halogens is 1. The molecule has 1 amide bonds. The first-order chi connectivity index (χ1) is 14.7. The summed E-state index contributed by atoms with van der Waals surface area (Å²) in [6, 6.07) is 11.1. The highest BCUT2D eigenvalue weighted by Gasteiger charge is 2.25. The van der Waals surface area contributed by atoms with E-state index in [2.05, 4.69) is 20.4 Å². The summed E-state index contributed by atoms with van der Waals surface area (Å²) in [7, 11) is 0. The molecule has 3 aromatic rings. The van der Waals surface area contributed by atoms with Crippen LogP contribution < -0.4 is 5.32 Å². The normalized spacial score (nSPS) is 15.8. The number of hydrogen-bond acceptors (Lipinski definition) is 7. The van der Waals surface area contributed by atoms with Crippen molar-refractivity contribution in [2.75, 3.05) is 25.4 Å². The second-order valence-electron chi connectivity index (χ2n) is 7.10. The topological polar surface area (TPSA) is 84.4 Å². The summed E-state index contributed by atoms with van der Waals surface area (Å²) < 4.78 is 11.3. The monoisotopic (exact) mass is 446 g/mol. The van der Waals surface area contributed by atoms with Gasteiger partial charge in [-0.1, -0.05) is 29.8 Å². The van der Waals surface area contributed by atoms with E-state index in [-0.39, 0.29) is 17.7 Å². The summed E-state index contributed by atoms with van der Waals surface area (Å²) >= 11 is 7.12. The van der Waals surface area contributed by atoms with Crippen molar-refractivity contribution in [3.63, 3.8) is 0 Å². The SMILES string of the molecule is O=C(CSc1nnc(-c2ccc(Cl)cc2)o1)NCC(c1ccco1)N1CCCCC1. The number of nitrogens with zero attached hydrogens (tertiary/aromatic N) is 3. The van der Waals surface area contributed by atoms with E-state index >= 15 is 0 Å². The number of rotatable bonds is 8. The molecule has 1 atom stereocenters. The third kappa shape index (κ3) is 5.44. The average molecular weight is 447 g/mol. The van der Waals surface area contributed by atoms with Crippen molar-refractivity contribution < 1.29 is 13.6 Å². The Morgan fingerprint density at radius 3 is 2.70 bits per heavy atom. The van der Waals surface area contributed by atoms with Crippen molar-refractivity contribution in [1.29, 1.82) is 0 Å². The number of hydrogen-bond donors (Lipinski definition) is 1. The molecular weight excluding hydrogens is 424 g/mol. The smallest absolute Gasteiger partial charge is 0.277 e. The van der Waals surface area contributed by atoms with E-state index in [0.29, 0.717) is 22.7 Å². The molecule has 0 radical (unpaired) electrons. The maximum absolute atomic E-state index is 12.4. The molecule has 1 N–H and O–H groups in total. The van der Waals surface area contributed by atoms with Gasteiger partial charge in [-0.15, -0.1) is 10.2 Å². The Kier molecular flexibility index (Phi) is 7.09. The molecular formula is C21H23ClN4O3S. The van der Waals surface area contributed by atoms with Gasteiger partial charge in [-0.05, 0) is 62.3 Å². The lowest BCUT2D eigenvalue weighted by Gasteiger charge is -2.33. The molecule has 1 aliphatic heterocycles. The summed E-state index contributed by atoms with van der Waals surface area (Å²) in [5.41, 5.74) is 0.783. The molecule has 1 saturated heterocycles. The van der Waals surface area contributed by atoms with Gasteiger partial charge >= 0.3 is 0 Å². The molecule has 0 spiro atoms. The first-order valence-corrected chi connectivity index (χ1v) is 11.3. The molecule has 9 heteroatoms. The number of furan rings is 1. The van der Waals surface area contributed by atoms with E-state index in [9.17, 15) is 4.79 Å². The van der Waals surface area contributed by atoms with Crippen molar-refractivity contribution in [1.82, 2.24) is 20.4 Å². The summed E-state index contributed by atoms with van der Waals surface area (Å²) in [6.07, 6.45) is 5.28. The fourth-order valence-corrected chi connectivity index (χ4v) is 4.21. The van der Waals surface area contributed by atoms with Gasteiger partial charge in [-0.25, -0.2) is 0 Å². The molecule has 4 rings (SSSR count). The Morgan fingerprint density at radius 2 is 1.97 bits per heavy atom. The van der Waals surface area contributed by atoms with Gasteiger partial charge in [0.25, 0.3) is 5.22 Å². The molecule has 30 heavy (non-hydrogen) atoms. The Labute approximate surface area is 184 Å². The molecule has 1 aromatic carbocycles. The predicted octanol–water partition coefficient (Wildman–Crippen LogP) is 4.42. The van der Waals surface area contributed by atoms with Crippen LogP contribution in [0, 0.1) is 0 Å². The van der Waals surface area contributed by atoms with Crippen molar-refractivity contribution in [3.05, 3.63) is 53.4 Å². The first kappa shape index (κ1) is 21.0. The highest BCUT2D eigenvalue weighted by molar-refractivity contribution is 7.99. The fourth-order valence-electron chi connectivity index (χ4n) is 3.49. The second-order valence-corrected chi connectivity index (χ2v) is 8.46. The van der Waals surface area contributed by atoms with Crippen molar-refractivity contribution >= 4 is 29.3 Å². The van der Waals surface area contributed by atoms with E-state index in [1.54, 1.807) is 18.4 Å². The lowest BCUT2D eigenvalue weighted by Crippen LogP contribution is -2.40. The van der Waals surface area contributed by atoms with Crippen LogP contribution in [0.4, 0.5) is 0 Å². The van der Waals surface area contributed by atoms with Crippen molar-refractivity contribution in [2.24, 2.45) is 0 Å². The number of carbonyl (C=O) groups is 1. The molecule has 158 valence electrons. The molecule has 1 unspecified atom stereocenters. The van der Waals surface area contributed by atoms with E-state index in [0.717, 1.165) is 24.4 Å². The zero-order valence-corrected chi connectivity index (χ0v) is 18.0. The van der Waals surface area contributed by atoms with Gasteiger partial charge in [0.1, 0.15) is 5.76 Å². The van der Waals surface area contributed by atoms with E-state index in [1.807, 2.05) is 24.3 Å². The van der Waals surface area contributed by atoms with Crippen molar-refractivity contribution in [2.45, 2.75) is 30.5 Å². The van der Waals surface area contributed by atoms with E-state index < -0.39 is 0 Å². The molecule has 7 nitrogen and oxygen atoms in total. The number of likely N-dealkylation sites (tertiary alicyclic amines) is 1. The van der Waals surface area contributed by atoms with Crippen LogP contribution in [0.5, 0.6) is 0 Å². The summed E-state index contributed by atoms with van der Waals surface area (Å²) in [5.74, 6) is 1.40. The third-order valence-electron chi connectivity index (χ3n) is 5.02. The van der Waals surface area contributed by atoms with Crippen LogP contribution in [0.3, 0.4) is 0 Å². The molecule has 1 fully saturated rings. The predicted molar refractivity (Wildman–Crippen MR) is 115 cm³/mol. The van der Waals surface area contributed by atoms with Crippen LogP contribution in [0.25, 0.3) is 11.5 Å². The number of carbonyl (C=O) groups excluding carboxylic acids is 1. The van der Waals surface area contributed by atoms with Crippen LogP contribution >= 0.6 is 23.4 Å². The summed E-state index contributed by atoms with van der Waals surface area (Å²) in [4.78, 5) is 14.8. The molecule has 2 aromatic heterocycles. The van der Waals surface area contributed by atoms with E-state index in [4.69, 9.17) is 20.4 Å². The van der Waals surface area contributed by atoms with Gasteiger partial charge < -0.3 is 14.2 Å². The molecule has 1 aliphatic rings. The molecule has 0 bridgehead atoms. The minimum absolute atomic E-state index is 0.0501. The Balaban J connectivity index is 1.29. The number of nitrogens with one attached hydrogen (secondary N) is 1. The van der Waals surface area contributed by atoms with Crippen LogP contribution in [0.1, 0.15) is 31.1 Å². The van der Waals surface area contributed by atoms with Gasteiger partial charge in [-0.3, -0.25) is 9.69 Å². The van der Waals surface area contributed by atoms with Crippen LogP contribution in [0.2, 0.25) is 5.02 Å². The minimum Gasteiger partial charge on any atom is -0.468 e. The van der Waals surface area contributed by atoms with Gasteiger partial charge in [-0.2, -0.15) is 0 Å². The average Bonchev–Trinajstić information content (AvgIpc) is 3.46. The first-order valence-electron chi connectivity index (χ1n) is 9.95. The number of aromatic nitrogens is 2. The molecule has 3 heterocycles.